The predicted octanol–water partition coefficient (Wildman–Crippen LogP) is 1.08. The molecule has 1 heterocycles. The minimum atomic E-state index is -1.08. The second kappa shape index (κ2) is 4.86. The lowest BCUT2D eigenvalue weighted by molar-refractivity contribution is -0.144. The van der Waals surface area contributed by atoms with E-state index < -0.39 is 11.5 Å². The average molecular weight is 250 g/mol. The summed E-state index contributed by atoms with van der Waals surface area (Å²) < 4.78 is 5.31. The first-order valence-corrected chi connectivity index (χ1v) is 5.97. The van der Waals surface area contributed by atoms with Gasteiger partial charge in [-0.25, -0.2) is 0 Å². The SMILES string of the molecule is COc1ccccc1N1CCC(N)(C(=O)O)CC1. The summed E-state index contributed by atoms with van der Waals surface area (Å²) in [5.74, 6) is -0.112. The van der Waals surface area contributed by atoms with Gasteiger partial charge in [-0.05, 0) is 25.0 Å². The molecule has 1 fully saturated rings. The van der Waals surface area contributed by atoms with E-state index in [1.165, 1.54) is 0 Å². The van der Waals surface area contributed by atoms with E-state index in [-0.39, 0.29) is 0 Å². The molecule has 1 aromatic carbocycles. The topological polar surface area (TPSA) is 75.8 Å². The number of carbonyl (C=O) groups is 1. The molecule has 3 N–H and O–H groups in total. The number of aliphatic carboxylic acids is 1. The average Bonchev–Trinajstić information content (AvgIpc) is 2.39. The smallest absolute Gasteiger partial charge is 0.323 e. The maximum absolute atomic E-state index is 11.1. The number of hydrogen-bond donors (Lipinski definition) is 2. The number of ether oxygens (including phenoxy) is 1. The number of anilines is 1. The van der Waals surface area contributed by atoms with E-state index in [0.717, 1.165) is 11.4 Å². The molecule has 1 aliphatic rings. The van der Waals surface area contributed by atoms with E-state index in [2.05, 4.69) is 4.90 Å². The third-order valence-electron chi connectivity index (χ3n) is 3.51. The number of methoxy groups -OCH3 is 1. The van der Waals surface area contributed by atoms with Gasteiger partial charge in [-0.2, -0.15) is 0 Å². The lowest BCUT2D eigenvalue weighted by atomic mass is 9.88. The van der Waals surface area contributed by atoms with Gasteiger partial charge >= 0.3 is 5.97 Å². The molecule has 1 aliphatic heterocycles. The molecule has 0 spiro atoms. The second-order valence-electron chi connectivity index (χ2n) is 4.62. The van der Waals surface area contributed by atoms with Crippen LogP contribution in [0.15, 0.2) is 24.3 Å². The Morgan fingerprint density at radius 3 is 2.56 bits per heavy atom. The van der Waals surface area contributed by atoms with Gasteiger partial charge in [0.2, 0.25) is 0 Å². The van der Waals surface area contributed by atoms with Gasteiger partial charge in [0.25, 0.3) is 0 Å². The van der Waals surface area contributed by atoms with Gasteiger partial charge in [-0.15, -0.1) is 0 Å². The van der Waals surface area contributed by atoms with Crippen molar-refractivity contribution in [2.75, 3.05) is 25.1 Å². The summed E-state index contributed by atoms with van der Waals surface area (Å²) >= 11 is 0. The minimum Gasteiger partial charge on any atom is -0.495 e. The lowest BCUT2D eigenvalue weighted by Gasteiger charge is -2.37. The molecule has 2 rings (SSSR count). The Balaban J connectivity index is 2.12. The van der Waals surface area contributed by atoms with E-state index in [1.807, 2.05) is 24.3 Å². The van der Waals surface area contributed by atoms with Crippen LogP contribution in [0, 0.1) is 0 Å². The largest absolute Gasteiger partial charge is 0.495 e. The zero-order valence-corrected chi connectivity index (χ0v) is 10.4. The lowest BCUT2D eigenvalue weighted by Crippen LogP contribution is -2.55. The second-order valence-corrected chi connectivity index (χ2v) is 4.62. The molecule has 0 amide bonds. The normalized spacial score (nSPS) is 18.4. The molecule has 0 saturated carbocycles. The van der Waals surface area contributed by atoms with Crippen molar-refractivity contribution in [2.45, 2.75) is 18.4 Å². The van der Waals surface area contributed by atoms with E-state index in [1.54, 1.807) is 7.11 Å². The number of rotatable bonds is 3. The molecule has 0 atom stereocenters. The Bertz CT molecular complexity index is 440. The maximum Gasteiger partial charge on any atom is 0.323 e. The summed E-state index contributed by atoms with van der Waals surface area (Å²) in [5.41, 5.74) is 5.76. The molecule has 0 aliphatic carbocycles. The summed E-state index contributed by atoms with van der Waals surface area (Å²) in [6.07, 6.45) is 0.890. The minimum absolute atomic E-state index is 0.445. The van der Waals surface area contributed by atoms with Crippen LogP contribution in [0.3, 0.4) is 0 Å². The Hall–Kier alpha value is -1.75. The highest BCUT2D eigenvalue weighted by Gasteiger charge is 2.38. The number of para-hydroxylation sites is 2. The number of hydrogen-bond acceptors (Lipinski definition) is 4. The number of benzene rings is 1. The van der Waals surface area contributed by atoms with Crippen molar-refractivity contribution in [1.82, 2.24) is 0 Å². The van der Waals surface area contributed by atoms with Gasteiger partial charge in [0.15, 0.2) is 0 Å². The molecule has 18 heavy (non-hydrogen) atoms. The van der Waals surface area contributed by atoms with Crippen molar-refractivity contribution < 1.29 is 14.6 Å². The molecule has 5 nitrogen and oxygen atoms in total. The molecule has 0 bridgehead atoms. The van der Waals surface area contributed by atoms with Gasteiger partial charge in [-0.3, -0.25) is 4.79 Å². The standard InChI is InChI=1S/C13H18N2O3/c1-18-11-5-3-2-4-10(11)15-8-6-13(14,7-9-15)12(16)17/h2-5H,6-9,14H2,1H3,(H,16,17). The molecule has 0 unspecified atom stereocenters. The molecule has 1 saturated heterocycles. The highest BCUT2D eigenvalue weighted by Crippen LogP contribution is 2.31. The molecule has 0 aromatic heterocycles. The highest BCUT2D eigenvalue weighted by atomic mass is 16.5. The van der Waals surface area contributed by atoms with Crippen LogP contribution in [0.2, 0.25) is 0 Å². The van der Waals surface area contributed by atoms with Gasteiger partial charge in [0.05, 0.1) is 12.8 Å². The molecular weight excluding hydrogens is 232 g/mol. The van der Waals surface area contributed by atoms with E-state index >= 15 is 0 Å². The zero-order valence-electron chi connectivity index (χ0n) is 10.4. The van der Waals surface area contributed by atoms with Crippen LogP contribution >= 0.6 is 0 Å². The van der Waals surface area contributed by atoms with Gasteiger partial charge in [0.1, 0.15) is 11.3 Å². The van der Waals surface area contributed by atoms with E-state index in [0.29, 0.717) is 25.9 Å². The van der Waals surface area contributed by atoms with Crippen molar-refractivity contribution in [3.05, 3.63) is 24.3 Å². The Labute approximate surface area is 106 Å². The fourth-order valence-electron chi connectivity index (χ4n) is 2.25. The summed E-state index contributed by atoms with van der Waals surface area (Å²) in [7, 11) is 1.63. The highest BCUT2D eigenvalue weighted by molar-refractivity contribution is 5.79. The summed E-state index contributed by atoms with van der Waals surface area (Å²) in [4.78, 5) is 13.2. The van der Waals surface area contributed by atoms with Crippen LogP contribution in [-0.4, -0.2) is 36.8 Å². The summed E-state index contributed by atoms with van der Waals surface area (Å²) in [6, 6.07) is 7.73. The van der Waals surface area contributed by atoms with Crippen molar-refractivity contribution in [3.8, 4) is 5.75 Å². The number of piperidine rings is 1. The number of carboxylic acids is 1. The van der Waals surface area contributed by atoms with Crippen LogP contribution < -0.4 is 15.4 Å². The maximum atomic E-state index is 11.1. The van der Waals surface area contributed by atoms with Crippen molar-refractivity contribution in [1.29, 1.82) is 0 Å². The van der Waals surface area contributed by atoms with Crippen LogP contribution in [-0.2, 0) is 4.79 Å². The first-order chi connectivity index (χ1) is 8.57. The Morgan fingerprint density at radius 2 is 2.00 bits per heavy atom. The van der Waals surface area contributed by atoms with Gasteiger partial charge in [-0.1, -0.05) is 12.1 Å². The van der Waals surface area contributed by atoms with Crippen LogP contribution in [0.5, 0.6) is 5.75 Å². The van der Waals surface area contributed by atoms with Crippen LogP contribution in [0.1, 0.15) is 12.8 Å². The monoisotopic (exact) mass is 250 g/mol. The molecule has 5 heteroatoms. The van der Waals surface area contributed by atoms with Gasteiger partial charge in [0, 0.05) is 13.1 Å². The first-order valence-electron chi connectivity index (χ1n) is 5.97. The number of nitrogens with zero attached hydrogens (tertiary/aromatic N) is 1. The van der Waals surface area contributed by atoms with Crippen molar-refractivity contribution >= 4 is 11.7 Å². The Morgan fingerprint density at radius 1 is 1.39 bits per heavy atom. The van der Waals surface area contributed by atoms with Crippen molar-refractivity contribution in [3.63, 3.8) is 0 Å². The number of nitrogens with two attached hydrogens (primary N) is 1. The summed E-state index contributed by atoms with van der Waals surface area (Å²) in [5, 5.41) is 9.09. The zero-order chi connectivity index (χ0) is 13.2. The first kappa shape index (κ1) is 12.7. The molecular formula is C13H18N2O3. The van der Waals surface area contributed by atoms with Crippen LogP contribution in [0.4, 0.5) is 5.69 Å². The number of carboxylic acid groups (broad SMARTS) is 1. The van der Waals surface area contributed by atoms with E-state index in [4.69, 9.17) is 15.6 Å². The molecule has 1 aromatic rings. The fourth-order valence-corrected chi connectivity index (χ4v) is 2.25. The third-order valence-corrected chi connectivity index (χ3v) is 3.51. The Kier molecular flexibility index (Phi) is 3.43. The van der Waals surface area contributed by atoms with E-state index in [9.17, 15) is 4.79 Å². The van der Waals surface area contributed by atoms with Crippen LogP contribution in [0.25, 0.3) is 0 Å². The molecule has 0 radical (unpaired) electrons. The predicted molar refractivity (Wildman–Crippen MR) is 69.0 cm³/mol. The third kappa shape index (κ3) is 2.26. The summed E-state index contributed by atoms with van der Waals surface area (Å²) in [6.45, 7) is 1.26. The molecule has 98 valence electrons. The quantitative estimate of drug-likeness (QED) is 0.839. The van der Waals surface area contributed by atoms with Gasteiger partial charge < -0.3 is 20.5 Å². The van der Waals surface area contributed by atoms with Crippen molar-refractivity contribution in [2.24, 2.45) is 5.73 Å². The fraction of sp³-hybridized carbons (Fsp3) is 0.462.